The van der Waals surface area contributed by atoms with Gasteiger partial charge >= 0.3 is 0 Å². The summed E-state index contributed by atoms with van der Waals surface area (Å²) in [6.07, 6.45) is 1.38. The average Bonchev–Trinajstić information content (AvgIpc) is 2.12. The van der Waals surface area contributed by atoms with Gasteiger partial charge in [0.05, 0.1) is 6.33 Å². The van der Waals surface area contributed by atoms with Crippen LogP contribution in [-0.2, 0) is 0 Å². The van der Waals surface area contributed by atoms with Crippen molar-refractivity contribution in [2.75, 3.05) is 0 Å². The molecule has 5 heteroatoms. The highest BCUT2D eigenvalue weighted by Gasteiger charge is 2.13. The normalized spacial score (nSPS) is 13.2. The fraction of sp³-hybridized carbons (Fsp3) is 0.556. The fourth-order valence-electron chi connectivity index (χ4n) is 0.761. The Morgan fingerprint density at radius 3 is 2.71 bits per heavy atom. The van der Waals surface area contributed by atoms with Gasteiger partial charge in [0, 0.05) is 5.25 Å². The van der Waals surface area contributed by atoms with E-state index in [-0.39, 0.29) is 10.6 Å². The SMILES string of the molecule is CC(C)C(C)Sc1nc[nH]c(=O)c1Cl. The van der Waals surface area contributed by atoms with Crippen LogP contribution in [-0.4, -0.2) is 15.2 Å². The molecule has 0 aliphatic heterocycles. The highest BCUT2D eigenvalue weighted by atomic mass is 35.5. The summed E-state index contributed by atoms with van der Waals surface area (Å²) in [7, 11) is 0. The van der Waals surface area contributed by atoms with E-state index in [1.54, 1.807) is 0 Å². The molecule has 3 nitrogen and oxygen atoms in total. The lowest BCUT2D eigenvalue weighted by atomic mass is 10.2. The highest BCUT2D eigenvalue weighted by Crippen LogP contribution is 2.28. The van der Waals surface area contributed by atoms with Crippen LogP contribution in [0, 0.1) is 5.92 Å². The van der Waals surface area contributed by atoms with E-state index in [0.29, 0.717) is 16.2 Å². The maximum Gasteiger partial charge on any atom is 0.270 e. The lowest BCUT2D eigenvalue weighted by molar-refractivity contribution is 0.641. The van der Waals surface area contributed by atoms with Crippen molar-refractivity contribution >= 4 is 23.4 Å². The number of aromatic amines is 1. The molecule has 0 radical (unpaired) electrons. The average molecular weight is 233 g/mol. The van der Waals surface area contributed by atoms with Crippen LogP contribution >= 0.6 is 23.4 Å². The standard InChI is InChI=1S/C9H13ClN2OS/c1-5(2)6(3)14-9-7(10)8(13)11-4-12-9/h4-6H,1-3H3,(H,11,12,13). The number of halogens is 1. The van der Waals surface area contributed by atoms with E-state index in [1.807, 2.05) is 0 Å². The summed E-state index contributed by atoms with van der Waals surface area (Å²) in [6, 6.07) is 0. The van der Waals surface area contributed by atoms with Gasteiger partial charge in [0.1, 0.15) is 10.0 Å². The first kappa shape index (κ1) is 11.6. The largest absolute Gasteiger partial charge is 0.312 e. The number of nitrogens with zero attached hydrogens (tertiary/aromatic N) is 1. The molecule has 0 aliphatic rings. The van der Waals surface area contributed by atoms with Crippen molar-refractivity contribution in [2.45, 2.75) is 31.0 Å². The minimum atomic E-state index is -0.278. The van der Waals surface area contributed by atoms with Crippen molar-refractivity contribution in [3.05, 3.63) is 21.7 Å². The first-order valence-electron chi connectivity index (χ1n) is 4.42. The number of hydrogen-bond acceptors (Lipinski definition) is 3. The zero-order valence-corrected chi connectivity index (χ0v) is 9.95. The summed E-state index contributed by atoms with van der Waals surface area (Å²) in [6.45, 7) is 6.34. The van der Waals surface area contributed by atoms with E-state index in [2.05, 4.69) is 30.7 Å². The fourth-order valence-corrected chi connectivity index (χ4v) is 1.93. The van der Waals surface area contributed by atoms with Crippen molar-refractivity contribution in [1.82, 2.24) is 9.97 Å². The molecule has 0 bridgehead atoms. The molecule has 0 aromatic carbocycles. The van der Waals surface area contributed by atoms with Gasteiger partial charge in [0.15, 0.2) is 0 Å². The van der Waals surface area contributed by atoms with E-state index in [9.17, 15) is 4.79 Å². The van der Waals surface area contributed by atoms with Gasteiger partial charge in [-0.1, -0.05) is 32.4 Å². The van der Waals surface area contributed by atoms with Crippen LogP contribution < -0.4 is 5.56 Å². The van der Waals surface area contributed by atoms with Crippen LogP contribution in [0.4, 0.5) is 0 Å². The van der Waals surface area contributed by atoms with Crippen LogP contribution in [0.15, 0.2) is 16.1 Å². The van der Waals surface area contributed by atoms with E-state index in [0.717, 1.165) is 0 Å². The van der Waals surface area contributed by atoms with Crippen molar-refractivity contribution in [2.24, 2.45) is 5.92 Å². The molecule has 1 rings (SSSR count). The summed E-state index contributed by atoms with van der Waals surface area (Å²) in [4.78, 5) is 17.6. The Kier molecular flexibility index (Phi) is 4.01. The third kappa shape index (κ3) is 2.75. The molecule has 1 N–H and O–H groups in total. The van der Waals surface area contributed by atoms with Gasteiger partial charge in [-0.3, -0.25) is 4.79 Å². The number of hydrogen-bond donors (Lipinski definition) is 1. The van der Waals surface area contributed by atoms with E-state index >= 15 is 0 Å². The maximum absolute atomic E-state index is 11.2. The van der Waals surface area contributed by atoms with Crippen LogP contribution in [0.2, 0.25) is 5.02 Å². The predicted octanol–water partition coefficient (Wildman–Crippen LogP) is 2.56. The lowest BCUT2D eigenvalue weighted by Crippen LogP contribution is -2.11. The molecule has 1 aromatic rings. The Bertz CT molecular complexity index is 364. The quantitative estimate of drug-likeness (QED) is 0.644. The molecule has 78 valence electrons. The zero-order chi connectivity index (χ0) is 10.7. The van der Waals surface area contributed by atoms with Gasteiger partial charge in [-0.05, 0) is 5.92 Å². The second kappa shape index (κ2) is 4.84. The van der Waals surface area contributed by atoms with E-state index < -0.39 is 0 Å². The van der Waals surface area contributed by atoms with Crippen molar-refractivity contribution in [3.63, 3.8) is 0 Å². The summed E-state index contributed by atoms with van der Waals surface area (Å²) < 4.78 is 0. The minimum absolute atomic E-state index is 0.185. The zero-order valence-electron chi connectivity index (χ0n) is 8.37. The molecule has 0 spiro atoms. The smallest absolute Gasteiger partial charge is 0.270 e. The molecule has 0 aliphatic carbocycles. The summed E-state index contributed by atoms with van der Waals surface area (Å²) in [5, 5.41) is 1.18. The Balaban J connectivity index is 2.87. The monoisotopic (exact) mass is 232 g/mol. The molecule has 0 saturated heterocycles. The Labute approximate surface area is 92.3 Å². The minimum Gasteiger partial charge on any atom is -0.312 e. The number of thioether (sulfide) groups is 1. The summed E-state index contributed by atoms with van der Waals surface area (Å²) in [5.41, 5.74) is -0.278. The second-order valence-corrected chi connectivity index (χ2v) is 5.16. The molecule has 1 atom stereocenters. The van der Waals surface area contributed by atoms with Crippen LogP contribution in [0.1, 0.15) is 20.8 Å². The Morgan fingerprint density at radius 1 is 1.50 bits per heavy atom. The van der Waals surface area contributed by atoms with Crippen LogP contribution in [0.3, 0.4) is 0 Å². The topological polar surface area (TPSA) is 45.8 Å². The van der Waals surface area contributed by atoms with E-state index in [4.69, 9.17) is 11.6 Å². The number of H-pyrrole nitrogens is 1. The molecule has 14 heavy (non-hydrogen) atoms. The third-order valence-electron chi connectivity index (χ3n) is 2.00. The van der Waals surface area contributed by atoms with Gasteiger partial charge in [0.25, 0.3) is 5.56 Å². The summed E-state index contributed by atoms with van der Waals surface area (Å²) >= 11 is 7.34. The molecular weight excluding hydrogens is 220 g/mol. The molecule has 1 heterocycles. The van der Waals surface area contributed by atoms with E-state index in [1.165, 1.54) is 18.1 Å². The van der Waals surface area contributed by atoms with Gasteiger partial charge in [-0.2, -0.15) is 0 Å². The predicted molar refractivity (Wildman–Crippen MR) is 60.0 cm³/mol. The van der Waals surface area contributed by atoms with Gasteiger partial charge < -0.3 is 4.98 Å². The van der Waals surface area contributed by atoms with Crippen molar-refractivity contribution in [1.29, 1.82) is 0 Å². The third-order valence-corrected chi connectivity index (χ3v) is 3.91. The molecule has 0 fully saturated rings. The molecule has 0 saturated carbocycles. The number of nitrogens with one attached hydrogen (secondary N) is 1. The lowest BCUT2D eigenvalue weighted by Gasteiger charge is -2.14. The van der Waals surface area contributed by atoms with Gasteiger partial charge in [-0.15, -0.1) is 11.8 Å². The van der Waals surface area contributed by atoms with Crippen LogP contribution in [0.5, 0.6) is 0 Å². The van der Waals surface area contributed by atoms with Crippen LogP contribution in [0.25, 0.3) is 0 Å². The van der Waals surface area contributed by atoms with Crippen molar-refractivity contribution in [3.8, 4) is 0 Å². The van der Waals surface area contributed by atoms with Crippen molar-refractivity contribution < 1.29 is 0 Å². The summed E-state index contributed by atoms with van der Waals surface area (Å²) in [5.74, 6) is 0.525. The van der Waals surface area contributed by atoms with Gasteiger partial charge in [0.2, 0.25) is 0 Å². The first-order valence-corrected chi connectivity index (χ1v) is 5.68. The highest BCUT2D eigenvalue weighted by molar-refractivity contribution is 7.99. The second-order valence-electron chi connectivity index (χ2n) is 3.42. The molecule has 1 unspecified atom stereocenters. The molecular formula is C9H13ClN2OS. The Hall–Kier alpha value is -0.480. The molecule has 1 aromatic heterocycles. The molecule has 0 amide bonds. The Morgan fingerprint density at radius 2 is 2.14 bits per heavy atom. The maximum atomic E-state index is 11.2. The van der Waals surface area contributed by atoms with Gasteiger partial charge in [-0.25, -0.2) is 4.98 Å². The number of rotatable bonds is 3. The number of aromatic nitrogens is 2. The first-order chi connectivity index (χ1) is 6.52.